The maximum atomic E-state index is 11.4. The van der Waals surface area contributed by atoms with E-state index >= 15 is 0 Å². The van der Waals surface area contributed by atoms with Crippen molar-refractivity contribution < 1.29 is 14.6 Å². The van der Waals surface area contributed by atoms with Crippen molar-refractivity contribution >= 4 is 28.5 Å². The van der Waals surface area contributed by atoms with E-state index in [1.165, 1.54) is 0 Å². The number of carboxylic acid groups (broad SMARTS) is 1. The van der Waals surface area contributed by atoms with E-state index in [1.54, 1.807) is 13.2 Å². The minimum Gasteiger partial charge on any atom is -0.495 e. The molecule has 1 aromatic heterocycles. The Morgan fingerprint density at radius 3 is 3.00 bits per heavy atom. The summed E-state index contributed by atoms with van der Waals surface area (Å²) in [5, 5.41) is 10.8. The Balaban J connectivity index is 2.28. The molecule has 0 radical (unpaired) electrons. The minimum absolute atomic E-state index is 0.441. The summed E-state index contributed by atoms with van der Waals surface area (Å²) in [6.45, 7) is 0. The lowest BCUT2D eigenvalue weighted by atomic mass is 9.85. The number of H-pyrrole nitrogens is 1. The molecular weight excluding hydrogens is 266 g/mol. The summed E-state index contributed by atoms with van der Waals surface area (Å²) in [7, 11) is 1.56. The van der Waals surface area contributed by atoms with Crippen molar-refractivity contribution in [3.05, 3.63) is 28.4 Å². The van der Waals surface area contributed by atoms with Gasteiger partial charge in [-0.2, -0.15) is 0 Å². The first kappa shape index (κ1) is 12.4. The molecule has 4 nitrogen and oxygen atoms in total. The number of aromatic nitrogens is 1. The number of carboxylic acids is 1. The fourth-order valence-electron chi connectivity index (χ4n) is 2.90. The molecule has 1 aromatic carbocycles. The summed E-state index contributed by atoms with van der Waals surface area (Å²) in [6.07, 6.45) is 2.45. The van der Waals surface area contributed by atoms with E-state index in [9.17, 15) is 9.90 Å². The number of aliphatic carboxylic acids is 1. The van der Waals surface area contributed by atoms with Crippen LogP contribution in [0.25, 0.3) is 10.9 Å². The van der Waals surface area contributed by atoms with Gasteiger partial charge in [0, 0.05) is 16.6 Å². The average molecular weight is 280 g/mol. The Morgan fingerprint density at radius 1 is 1.53 bits per heavy atom. The largest absolute Gasteiger partial charge is 0.495 e. The zero-order valence-corrected chi connectivity index (χ0v) is 11.3. The fourth-order valence-corrected chi connectivity index (χ4v) is 3.14. The molecule has 1 aliphatic rings. The highest BCUT2D eigenvalue weighted by atomic mass is 35.5. The fraction of sp³-hybridized carbons (Fsp3) is 0.357. The number of ether oxygens (including phenoxy) is 1. The van der Waals surface area contributed by atoms with E-state index < -0.39 is 11.9 Å². The van der Waals surface area contributed by atoms with Gasteiger partial charge in [-0.3, -0.25) is 4.79 Å². The van der Waals surface area contributed by atoms with Gasteiger partial charge in [-0.1, -0.05) is 11.6 Å². The smallest absolute Gasteiger partial charge is 0.311 e. The Hall–Kier alpha value is -1.68. The topological polar surface area (TPSA) is 62.3 Å². The van der Waals surface area contributed by atoms with E-state index in [0.717, 1.165) is 35.0 Å². The Kier molecular flexibility index (Phi) is 2.90. The van der Waals surface area contributed by atoms with Crippen LogP contribution in [0.3, 0.4) is 0 Å². The monoisotopic (exact) mass is 279 g/mol. The molecule has 100 valence electrons. The average Bonchev–Trinajstić information content (AvgIpc) is 2.74. The molecule has 3 rings (SSSR count). The molecule has 2 N–H and O–H groups in total. The van der Waals surface area contributed by atoms with Crippen molar-refractivity contribution in [2.24, 2.45) is 0 Å². The standard InChI is InChI=1S/C14H14ClNO3/c1-19-12-5-8-11(6-9(12)15)16-10-4-2-3-7(13(8)10)14(17)18/h5-7,16H,2-4H2,1H3,(H,17,18). The summed E-state index contributed by atoms with van der Waals surface area (Å²) >= 11 is 6.10. The second-order valence-corrected chi connectivity index (χ2v) is 5.24. The van der Waals surface area contributed by atoms with Gasteiger partial charge in [0.2, 0.25) is 0 Å². The van der Waals surface area contributed by atoms with Crippen molar-refractivity contribution in [3.63, 3.8) is 0 Å². The van der Waals surface area contributed by atoms with Gasteiger partial charge in [0.05, 0.1) is 18.1 Å². The van der Waals surface area contributed by atoms with E-state index in [0.29, 0.717) is 17.2 Å². The van der Waals surface area contributed by atoms with Crippen LogP contribution in [0.2, 0.25) is 5.02 Å². The number of nitrogens with one attached hydrogen (secondary N) is 1. The molecule has 2 aromatic rings. The number of methoxy groups -OCH3 is 1. The van der Waals surface area contributed by atoms with Crippen LogP contribution in [0.1, 0.15) is 30.0 Å². The van der Waals surface area contributed by atoms with Gasteiger partial charge in [0.15, 0.2) is 0 Å². The highest BCUT2D eigenvalue weighted by molar-refractivity contribution is 6.32. The number of fused-ring (bicyclic) bond motifs is 3. The van der Waals surface area contributed by atoms with Gasteiger partial charge < -0.3 is 14.8 Å². The summed E-state index contributed by atoms with van der Waals surface area (Å²) in [5.74, 6) is -0.634. The van der Waals surface area contributed by atoms with Crippen LogP contribution >= 0.6 is 11.6 Å². The molecule has 1 heterocycles. The van der Waals surface area contributed by atoms with Gasteiger partial charge in [0.1, 0.15) is 5.75 Å². The number of hydrogen-bond donors (Lipinski definition) is 2. The quantitative estimate of drug-likeness (QED) is 0.886. The van der Waals surface area contributed by atoms with Gasteiger partial charge in [-0.05, 0) is 37.0 Å². The lowest BCUT2D eigenvalue weighted by Crippen LogP contribution is -2.17. The molecule has 1 aliphatic carbocycles. The maximum Gasteiger partial charge on any atom is 0.311 e. The first-order valence-electron chi connectivity index (χ1n) is 6.22. The molecule has 19 heavy (non-hydrogen) atoms. The van der Waals surface area contributed by atoms with Gasteiger partial charge in [-0.25, -0.2) is 0 Å². The van der Waals surface area contributed by atoms with Gasteiger partial charge in [0.25, 0.3) is 0 Å². The molecular formula is C14H14ClNO3. The molecule has 1 atom stereocenters. The second-order valence-electron chi connectivity index (χ2n) is 4.83. The van der Waals surface area contributed by atoms with Crippen LogP contribution in [-0.2, 0) is 11.2 Å². The zero-order valence-electron chi connectivity index (χ0n) is 10.5. The molecule has 0 spiro atoms. The lowest BCUT2D eigenvalue weighted by Gasteiger charge is -2.19. The number of rotatable bonds is 2. The molecule has 0 saturated carbocycles. The van der Waals surface area contributed by atoms with Crippen molar-refractivity contribution in [1.29, 1.82) is 0 Å². The predicted octanol–water partition coefficient (Wildman–Crippen LogP) is 3.33. The number of carbonyl (C=O) groups is 1. The summed E-state index contributed by atoms with van der Waals surface area (Å²) in [6, 6.07) is 3.63. The van der Waals surface area contributed by atoms with Gasteiger partial charge >= 0.3 is 5.97 Å². The van der Waals surface area contributed by atoms with Crippen LogP contribution < -0.4 is 4.74 Å². The minimum atomic E-state index is -0.768. The van der Waals surface area contributed by atoms with E-state index in [2.05, 4.69) is 4.98 Å². The van der Waals surface area contributed by atoms with E-state index in [4.69, 9.17) is 16.3 Å². The highest BCUT2D eigenvalue weighted by Crippen LogP contribution is 2.40. The number of benzene rings is 1. The maximum absolute atomic E-state index is 11.4. The number of hydrogen-bond acceptors (Lipinski definition) is 2. The summed E-state index contributed by atoms with van der Waals surface area (Å²) in [5.41, 5.74) is 2.78. The van der Waals surface area contributed by atoms with Crippen molar-refractivity contribution in [2.45, 2.75) is 25.2 Å². The van der Waals surface area contributed by atoms with E-state index in [-0.39, 0.29) is 0 Å². The molecule has 1 unspecified atom stereocenters. The van der Waals surface area contributed by atoms with Crippen LogP contribution in [0.15, 0.2) is 12.1 Å². The molecule has 0 fully saturated rings. The SMILES string of the molecule is COc1cc2c3c([nH]c2cc1Cl)CCCC3C(=O)O. The lowest BCUT2D eigenvalue weighted by molar-refractivity contribution is -0.139. The third kappa shape index (κ3) is 1.87. The number of aromatic amines is 1. The van der Waals surface area contributed by atoms with Crippen LogP contribution in [0.5, 0.6) is 5.75 Å². The van der Waals surface area contributed by atoms with E-state index in [1.807, 2.05) is 6.07 Å². The van der Waals surface area contributed by atoms with Crippen LogP contribution in [-0.4, -0.2) is 23.2 Å². The highest BCUT2D eigenvalue weighted by Gasteiger charge is 2.30. The zero-order chi connectivity index (χ0) is 13.6. The van der Waals surface area contributed by atoms with Crippen molar-refractivity contribution in [3.8, 4) is 5.75 Å². The second kappa shape index (κ2) is 4.46. The summed E-state index contributed by atoms with van der Waals surface area (Å²) < 4.78 is 5.22. The molecule has 0 bridgehead atoms. The van der Waals surface area contributed by atoms with Crippen molar-refractivity contribution in [2.75, 3.05) is 7.11 Å². The Bertz CT molecular complexity index is 662. The van der Waals surface area contributed by atoms with Crippen molar-refractivity contribution in [1.82, 2.24) is 4.98 Å². The van der Waals surface area contributed by atoms with Crippen LogP contribution in [0, 0.1) is 0 Å². The molecule has 5 heteroatoms. The number of aryl methyl sites for hydroxylation is 1. The third-order valence-electron chi connectivity index (χ3n) is 3.76. The van der Waals surface area contributed by atoms with Crippen LogP contribution in [0.4, 0.5) is 0 Å². The molecule has 0 amide bonds. The molecule has 0 aliphatic heterocycles. The molecule has 0 saturated heterocycles. The summed E-state index contributed by atoms with van der Waals surface area (Å²) in [4.78, 5) is 14.7. The van der Waals surface area contributed by atoms with Gasteiger partial charge in [-0.15, -0.1) is 0 Å². The predicted molar refractivity (Wildman–Crippen MR) is 73.2 cm³/mol. The number of halogens is 1. The first-order valence-corrected chi connectivity index (χ1v) is 6.60. The normalized spacial score (nSPS) is 18.3. The Morgan fingerprint density at radius 2 is 2.32 bits per heavy atom. The third-order valence-corrected chi connectivity index (χ3v) is 4.05. The first-order chi connectivity index (χ1) is 9.11. The Labute approximate surface area is 115 Å².